The van der Waals surface area contributed by atoms with Crippen molar-refractivity contribution in [3.63, 3.8) is 0 Å². The number of anilines is 2. The Morgan fingerprint density at radius 2 is 1.88 bits per heavy atom. The lowest BCUT2D eigenvalue weighted by Gasteiger charge is -2.23. The summed E-state index contributed by atoms with van der Waals surface area (Å²) in [7, 11) is 0. The summed E-state index contributed by atoms with van der Waals surface area (Å²) in [5.41, 5.74) is 6.05. The minimum atomic E-state index is 0.171. The lowest BCUT2D eigenvalue weighted by molar-refractivity contribution is 0.0836. The molecule has 132 valence electrons. The van der Waals surface area contributed by atoms with Crippen molar-refractivity contribution >= 4 is 11.6 Å². The number of nitrogens with two attached hydrogens (primary N) is 1. The minimum absolute atomic E-state index is 0.171. The lowest BCUT2D eigenvalue weighted by atomic mass is 9.99. The molecular formula is C19H24N4O2. The van der Waals surface area contributed by atoms with Crippen molar-refractivity contribution in [3.05, 3.63) is 42.2 Å². The van der Waals surface area contributed by atoms with Gasteiger partial charge in [-0.3, -0.25) is 0 Å². The molecule has 2 aromatic rings. The molecule has 25 heavy (non-hydrogen) atoms. The zero-order valence-corrected chi connectivity index (χ0v) is 14.3. The van der Waals surface area contributed by atoms with Crippen molar-refractivity contribution in [3.8, 4) is 5.75 Å². The first kappa shape index (κ1) is 16.1. The van der Waals surface area contributed by atoms with E-state index in [0.29, 0.717) is 11.7 Å². The van der Waals surface area contributed by atoms with E-state index in [9.17, 15) is 0 Å². The second kappa shape index (κ2) is 7.27. The van der Waals surface area contributed by atoms with Gasteiger partial charge in [-0.1, -0.05) is 18.2 Å². The van der Waals surface area contributed by atoms with Crippen molar-refractivity contribution < 1.29 is 9.47 Å². The summed E-state index contributed by atoms with van der Waals surface area (Å²) in [5.74, 6) is 3.56. The second-order valence-corrected chi connectivity index (χ2v) is 6.68. The molecular weight excluding hydrogens is 316 g/mol. The van der Waals surface area contributed by atoms with Crippen molar-refractivity contribution in [2.24, 2.45) is 0 Å². The van der Waals surface area contributed by atoms with Crippen LogP contribution in [0.3, 0.4) is 0 Å². The van der Waals surface area contributed by atoms with E-state index in [0.717, 1.165) is 63.0 Å². The summed E-state index contributed by atoms with van der Waals surface area (Å²) in [4.78, 5) is 11.5. The lowest BCUT2D eigenvalue weighted by Crippen LogP contribution is -2.26. The molecule has 1 aromatic carbocycles. The van der Waals surface area contributed by atoms with Crippen molar-refractivity contribution in [1.29, 1.82) is 0 Å². The summed E-state index contributed by atoms with van der Waals surface area (Å²) < 4.78 is 11.5. The average Bonchev–Trinajstić information content (AvgIpc) is 3.11. The van der Waals surface area contributed by atoms with Crippen LogP contribution in [0, 0.1) is 0 Å². The van der Waals surface area contributed by atoms with Crippen molar-refractivity contribution in [1.82, 2.24) is 9.97 Å². The highest BCUT2D eigenvalue weighted by Gasteiger charge is 2.27. The molecule has 2 N–H and O–H groups in total. The van der Waals surface area contributed by atoms with Gasteiger partial charge in [0.05, 0.1) is 6.54 Å². The van der Waals surface area contributed by atoms with Crippen LogP contribution in [-0.2, 0) is 4.74 Å². The summed E-state index contributed by atoms with van der Waals surface area (Å²) in [5, 5.41) is 0. The Balaban J connectivity index is 1.45. The number of benzene rings is 1. The molecule has 2 aliphatic rings. The first-order chi connectivity index (χ1) is 12.3. The van der Waals surface area contributed by atoms with Gasteiger partial charge < -0.3 is 20.1 Å². The van der Waals surface area contributed by atoms with E-state index < -0.39 is 0 Å². The molecule has 2 aliphatic heterocycles. The maximum Gasteiger partial charge on any atom is 0.136 e. The number of para-hydroxylation sites is 1. The molecule has 0 bridgehead atoms. The number of nitrogen functional groups attached to an aromatic ring is 1. The number of ether oxygens (including phenoxy) is 2. The van der Waals surface area contributed by atoms with E-state index >= 15 is 0 Å². The summed E-state index contributed by atoms with van der Waals surface area (Å²) >= 11 is 0. The van der Waals surface area contributed by atoms with Gasteiger partial charge >= 0.3 is 0 Å². The Kier molecular flexibility index (Phi) is 4.70. The van der Waals surface area contributed by atoms with Gasteiger partial charge in [0, 0.05) is 38.2 Å². The van der Waals surface area contributed by atoms with Crippen LogP contribution in [0.15, 0.2) is 36.4 Å². The van der Waals surface area contributed by atoms with Gasteiger partial charge in [0.25, 0.3) is 0 Å². The predicted molar refractivity (Wildman–Crippen MR) is 96.9 cm³/mol. The maximum absolute atomic E-state index is 6.07. The molecule has 0 unspecified atom stereocenters. The Hall–Kier alpha value is -2.34. The van der Waals surface area contributed by atoms with E-state index in [1.807, 2.05) is 36.4 Å². The van der Waals surface area contributed by atoms with E-state index in [2.05, 4.69) is 9.88 Å². The smallest absolute Gasteiger partial charge is 0.136 e. The Labute approximate surface area is 148 Å². The summed E-state index contributed by atoms with van der Waals surface area (Å²) in [6, 6.07) is 11.8. The van der Waals surface area contributed by atoms with Gasteiger partial charge in [0.15, 0.2) is 0 Å². The van der Waals surface area contributed by atoms with Crippen LogP contribution in [0.2, 0.25) is 0 Å². The standard InChI is InChI=1S/C19H24N4O2/c20-17-12-18(22-19(21-17)14-7-10-24-11-8-14)23-9-6-16(13-23)25-15-4-2-1-3-5-15/h1-5,12,14,16H,6-11,13H2,(H2,20,21,22)/t16-/m0/s1. The van der Waals surface area contributed by atoms with Crippen LogP contribution in [0.25, 0.3) is 0 Å². The molecule has 6 heteroatoms. The topological polar surface area (TPSA) is 73.5 Å². The quantitative estimate of drug-likeness (QED) is 0.922. The minimum Gasteiger partial charge on any atom is -0.489 e. The third kappa shape index (κ3) is 3.85. The van der Waals surface area contributed by atoms with Gasteiger partial charge in [-0.25, -0.2) is 9.97 Å². The number of rotatable bonds is 4. The molecule has 2 fully saturated rings. The highest BCUT2D eigenvalue weighted by atomic mass is 16.5. The molecule has 0 aliphatic carbocycles. The first-order valence-corrected chi connectivity index (χ1v) is 8.97. The second-order valence-electron chi connectivity index (χ2n) is 6.68. The van der Waals surface area contributed by atoms with Gasteiger partial charge in [-0.05, 0) is 25.0 Å². The molecule has 1 aromatic heterocycles. The van der Waals surface area contributed by atoms with Crippen LogP contribution in [0.1, 0.15) is 31.0 Å². The zero-order chi connectivity index (χ0) is 17.1. The van der Waals surface area contributed by atoms with Crippen molar-refractivity contribution in [2.45, 2.75) is 31.3 Å². The largest absolute Gasteiger partial charge is 0.489 e. The Morgan fingerprint density at radius 1 is 1.08 bits per heavy atom. The third-order valence-corrected chi connectivity index (χ3v) is 4.85. The zero-order valence-electron chi connectivity index (χ0n) is 14.3. The van der Waals surface area contributed by atoms with Gasteiger partial charge in [0.1, 0.15) is 29.3 Å². The predicted octanol–water partition coefficient (Wildman–Crippen LogP) is 2.61. The fourth-order valence-corrected chi connectivity index (χ4v) is 3.50. The van der Waals surface area contributed by atoms with E-state index in [4.69, 9.17) is 20.2 Å². The van der Waals surface area contributed by atoms with Gasteiger partial charge in [0.2, 0.25) is 0 Å². The fourth-order valence-electron chi connectivity index (χ4n) is 3.50. The first-order valence-electron chi connectivity index (χ1n) is 8.97. The van der Waals surface area contributed by atoms with Crippen LogP contribution in [0.5, 0.6) is 5.75 Å². The monoisotopic (exact) mass is 340 g/mol. The molecule has 3 heterocycles. The number of hydrogen-bond donors (Lipinski definition) is 1. The van der Waals surface area contributed by atoms with Crippen molar-refractivity contribution in [2.75, 3.05) is 36.9 Å². The van der Waals surface area contributed by atoms with E-state index in [1.165, 1.54) is 0 Å². The van der Waals surface area contributed by atoms with E-state index in [1.54, 1.807) is 0 Å². The molecule has 6 nitrogen and oxygen atoms in total. The molecule has 1 atom stereocenters. The van der Waals surface area contributed by atoms with E-state index in [-0.39, 0.29) is 6.10 Å². The van der Waals surface area contributed by atoms with Crippen LogP contribution in [0.4, 0.5) is 11.6 Å². The number of nitrogens with zero attached hydrogens (tertiary/aromatic N) is 3. The molecule has 4 rings (SSSR count). The average molecular weight is 340 g/mol. The van der Waals surface area contributed by atoms with Crippen LogP contribution >= 0.6 is 0 Å². The van der Waals surface area contributed by atoms with Crippen LogP contribution in [-0.4, -0.2) is 42.4 Å². The summed E-state index contributed by atoms with van der Waals surface area (Å²) in [6.07, 6.45) is 3.07. The Morgan fingerprint density at radius 3 is 2.68 bits per heavy atom. The molecule has 0 amide bonds. The summed E-state index contributed by atoms with van der Waals surface area (Å²) in [6.45, 7) is 3.28. The normalized spacial score (nSPS) is 21.4. The fraction of sp³-hybridized carbons (Fsp3) is 0.474. The molecule has 2 saturated heterocycles. The Bertz CT molecular complexity index is 704. The highest BCUT2D eigenvalue weighted by molar-refractivity contribution is 5.48. The maximum atomic E-state index is 6.07. The molecule has 0 spiro atoms. The highest BCUT2D eigenvalue weighted by Crippen LogP contribution is 2.28. The number of hydrogen-bond acceptors (Lipinski definition) is 6. The van der Waals surface area contributed by atoms with Gasteiger partial charge in [-0.15, -0.1) is 0 Å². The molecule has 0 saturated carbocycles. The van der Waals surface area contributed by atoms with Crippen LogP contribution < -0.4 is 15.4 Å². The number of aromatic nitrogens is 2. The van der Waals surface area contributed by atoms with Gasteiger partial charge in [-0.2, -0.15) is 0 Å². The SMILES string of the molecule is Nc1cc(N2CC[C@H](Oc3ccccc3)C2)nc(C2CCOCC2)n1. The third-order valence-electron chi connectivity index (χ3n) is 4.85. The molecule has 0 radical (unpaired) electrons.